The summed E-state index contributed by atoms with van der Waals surface area (Å²) in [5.74, 6) is 3.16. The van der Waals surface area contributed by atoms with Gasteiger partial charge in [0.05, 0.1) is 0 Å². The summed E-state index contributed by atoms with van der Waals surface area (Å²) in [7, 11) is 0. The van der Waals surface area contributed by atoms with Gasteiger partial charge in [-0.15, -0.1) is 0 Å². The van der Waals surface area contributed by atoms with E-state index in [1.807, 2.05) is 0 Å². The summed E-state index contributed by atoms with van der Waals surface area (Å²) in [6.07, 6.45) is 10.2. The molecule has 0 heterocycles. The number of hydrogen-bond donors (Lipinski definition) is 0. The molecule has 0 saturated heterocycles. The summed E-state index contributed by atoms with van der Waals surface area (Å²) in [5, 5.41) is 0. The van der Waals surface area contributed by atoms with Gasteiger partial charge in [-0.05, 0) is 30.6 Å². The lowest BCUT2D eigenvalue weighted by atomic mass is 9.70. The fourth-order valence-electron chi connectivity index (χ4n) is 2.50. The molecule has 0 aromatic heterocycles. The molecular formula is C13H26. The minimum atomic E-state index is 1.03. The minimum absolute atomic E-state index is 1.03. The largest absolute Gasteiger partial charge is 0.0654 e. The maximum absolute atomic E-state index is 2.43. The van der Waals surface area contributed by atoms with E-state index in [1.54, 1.807) is 0 Å². The van der Waals surface area contributed by atoms with E-state index in [0.29, 0.717) is 0 Å². The SMILES string of the molecule is CCCCC(CC)CC1CCC1C. The lowest BCUT2D eigenvalue weighted by Gasteiger charge is -2.36. The Hall–Kier alpha value is 0. The molecule has 3 atom stereocenters. The first-order valence-electron chi connectivity index (χ1n) is 6.27. The lowest BCUT2D eigenvalue weighted by Crippen LogP contribution is -2.25. The van der Waals surface area contributed by atoms with Gasteiger partial charge in [0.15, 0.2) is 0 Å². The van der Waals surface area contributed by atoms with Gasteiger partial charge < -0.3 is 0 Å². The number of rotatable bonds is 6. The Morgan fingerprint density at radius 3 is 2.38 bits per heavy atom. The van der Waals surface area contributed by atoms with Gasteiger partial charge in [-0.1, -0.05) is 52.9 Å². The van der Waals surface area contributed by atoms with Crippen molar-refractivity contribution in [2.75, 3.05) is 0 Å². The smallest absolute Gasteiger partial charge is 0.0386 e. The number of hydrogen-bond acceptors (Lipinski definition) is 0. The Morgan fingerprint density at radius 2 is 2.00 bits per heavy atom. The summed E-state index contributed by atoms with van der Waals surface area (Å²) >= 11 is 0. The fraction of sp³-hybridized carbons (Fsp3) is 1.00. The van der Waals surface area contributed by atoms with E-state index < -0.39 is 0 Å². The lowest BCUT2D eigenvalue weighted by molar-refractivity contribution is 0.151. The van der Waals surface area contributed by atoms with Crippen molar-refractivity contribution in [2.45, 2.75) is 65.7 Å². The predicted molar refractivity (Wildman–Crippen MR) is 59.8 cm³/mol. The first-order chi connectivity index (χ1) is 6.27. The van der Waals surface area contributed by atoms with Crippen molar-refractivity contribution >= 4 is 0 Å². The van der Waals surface area contributed by atoms with Crippen LogP contribution in [0.4, 0.5) is 0 Å². The summed E-state index contributed by atoms with van der Waals surface area (Å²) in [4.78, 5) is 0. The van der Waals surface area contributed by atoms with Gasteiger partial charge in [-0.3, -0.25) is 0 Å². The zero-order chi connectivity index (χ0) is 9.68. The molecule has 13 heavy (non-hydrogen) atoms. The highest BCUT2D eigenvalue weighted by molar-refractivity contribution is 4.79. The monoisotopic (exact) mass is 182 g/mol. The van der Waals surface area contributed by atoms with Crippen molar-refractivity contribution < 1.29 is 0 Å². The molecule has 1 aliphatic rings. The van der Waals surface area contributed by atoms with Crippen molar-refractivity contribution in [3.8, 4) is 0 Å². The molecular weight excluding hydrogens is 156 g/mol. The van der Waals surface area contributed by atoms with E-state index in [0.717, 1.165) is 17.8 Å². The molecule has 0 N–H and O–H groups in total. The van der Waals surface area contributed by atoms with Gasteiger partial charge in [0, 0.05) is 0 Å². The van der Waals surface area contributed by atoms with Gasteiger partial charge >= 0.3 is 0 Å². The topological polar surface area (TPSA) is 0 Å². The molecule has 0 heteroatoms. The van der Waals surface area contributed by atoms with Crippen LogP contribution in [0.1, 0.15) is 65.7 Å². The van der Waals surface area contributed by atoms with Crippen LogP contribution in [0.15, 0.2) is 0 Å². The zero-order valence-electron chi connectivity index (χ0n) is 9.68. The molecule has 78 valence electrons. The zero-order valence-corrected chi connectivity index (χ0v) is 9.68. The van der Waals surface area contributed by atoms with Gasteiger partial charge in [0.2, 0.25) is 0 Å². The van der Waals surface area contributed by atoms with Crippen molar-refractivity contribution in [1.29, 1.82) is 0 Å². The average molecular weight is 182 g/mol. The van der Waals surface area contributed by atoms with Gasteiger partial charge in [0.1, 0.15) is 0 Å². The molecule has 0 aromatic carbocycles. The molecule has 0 nitrogen and oxygen atoms in total. The van der Waals surface area contributed by atoms with Crippen LogP contribution in [0.25, 0.3) is 0 Å². The third kappa shape index (κ3) is 3.32. The fourth-order valence-corrected chi connectivity index (χ4v) is 2.50. The van der Waals surface area contributed by atoms with Gasteiger partial charge in [-0.25, -0.2) is 0 Å². The summed E-state index contributed by atoms with van der Waals surface area (Å²) < 4.78 is 0. The normalized spacial score (nSPS) is 29.8. The highest BCUT2D eigenvalue weighted by Crippen LogP contribution is 2.39. The van der Waals surface area contributed by atoms with Crippen LogP contribution >= 0.6 is 0 Å². The molecule has 1 saturated carbocycles. The van der Waals surface area contributed by atoms with E-state index in [4.69, 9.17) is 0 Å². The highest BCUT2D eigenvalue weighted by Gasteiger charge is 2.28. The van der Waals surface area contributed by atoms with Crippen molar-refractivity contribution in [1.82, 2.24) is 0 Å². The molecule has 3 unspecified atom stereocenters. The standard InChI is InChI=1S/C13H26/c1-4-6-7-12(5-2)10-13-9-8-11(13)3/h11-13H,4-10H2,1-3H3. The van der Waals surface area contributed by atoms with Crippen LogP contribution in [0.3, 0.4) is 0 Å². The summed E-state index contributed by atoms with van der Waals surface area (Å²) in [5.41, 5.74) is 0. The Balaban J connectivity index is 2.15. The van der Waals surface area contributed by atoms with Gasteiger partial charge in [-0.2, -0.15) is 0 Å². The molecule has 0 radical (unpaired) electrons. The van der Waals surface area contributed by atoms with Crippen LogP contribution in [0, 0.1) is 17.8 Å². The van der Waals surface area contributed by atoms with Crippen molar-refractivity contribution in [3.05, 3.63) is 0 Å². The number of unbranched alkanes of at least 4 members (excludes halogenated alkanes) is 1. The second kappa shape index (κ2) is 5.67. The van der Waals surface area contributed by atoms with Crippen molar-refractivity contribution in [2.24, 2.45) is 17.8 Å². The minimum Gasteiger partial charge on any atom is -0.0654 e. The molecule has 1 aliphatic carbocycles. The molecule has 0 aromatic rings. The quantitative estimate of drug-likeness (QED) is 0.561. The van der Waals surface area contributed by atoms with Crippen LogP contribution in [0.5, 0.6) is 0 Å². The summed E-state index contributed by atoms with van der Waals surface area (Å²) in [6, 6.07) is 0. The van der Waals surface area contributed by atoms with Crippen LogP contribution in [-0.2, 0) is 0 Å². The first-order valence-corrected chi connectivity index (χ1v) is 6.27. The molecule has 0 bridgehead atoms. The predicted octanol–water partition coefficient (Wildman–Crippen LogP) is 4.64. The average Bonchev–Trinajstić information content (AvgIpc) is 2.16. The third-order valence-electron chi connectivity index (χ3n) is 3.98. The molecule has 0 amide bonds. The van der Waals surface area contributed by atoms with Crippen molar-refractivity contribution in [3.63, 3.8) is 0 Å². The van der Waals surface area contributed by atoms with Crippen LogP contribution in [0.2, 0.25) is 0 Å². The van der Waals surface area contributed by atoms with Gasteiger partial charge in [0.25, 0.3) is 0 Å². The molecule has 0 aliphatic heterocycles. The second-order valence-corrected chi connectivity index (χ2v) is 4.97. The molecule has 0 spiro atoms. The highest BCUT2D eigenvalue weighted by atomic mass is 14.3. The van der Waals surface area contributed by atoms with E-state index in [1.165, 1.54) is 44.9 Å². The summed E-state index contributed by atoms with van der Waals surface area (Å²) in [6.45, 7) is 7.10. The van der Waals surface area contributed by atoms with E-state index >= 15 is 0 Å². The molecule has 1 rings (SSSR count). The first kappa shape index (κ1) is 11.1. The van der Waals surface area contributed by atoms with Crippen LogP contribution < -0.4 is 0 Å². The maximum Gasteiger partial charge on any atom is -0.0386 e. The van der Waals surface area contributed by atoms with E-state index in [9.17, 15) is 0 Å². The Kier molecular flexibility index (Phi) is 4.83. The Bertz CT molecular complexity index is 128. The van der Waals surface area contributed by atoms with Crippen LogP contribution in [-0.4, -0.2) is 0 Å². The Morgan fingerprint density at radius 1 is 1.23 bits per heavy atom. The maximum atomic E-state index is 2.43. The third-order valence-corrected chi connectivity index (χ3v) is 3.98. The van der Waals surface area contributed by atoms with E-state index in [-0.39, 0.29) is 0 Å². The van der Waals surface area contributed by atoms with E-state index in [2.05, 4.69) is 20.8 Å². The Labute approximate surface area is 84.1 Å². The molecule has 1 fully saturated rings. The second-order valence-electron chi connectivity index (χ2n) is 4.97.